The van der Waals surface area contributed by atoms with Gasteiger partial charge in [-0.25, -0.2) is 9.97 Å². The Morgan fingerprint density at radius 1 is 1.08 bits per heavy atom. The van der Waals surface area contributed by atoms with E-state index in [1.54, 1.807) is 13.0 Å². The molecule has 0 aliphatic rings. The zero-order valence-electron chi connectivity index (χ0n) is 15.3. The van der Waals surface area contributed by atoms with Gasteiger partial charge in [0.1, 0.15) is 17.3 Å². The van der Waals surface area contributed by atoms with Gasteiger partial charge in [-0.1, -0.05) is 32.0 Å². The second kappa shape index (κ2) is 7.43. The highest BCUT2D eigenvalue weighted by molar-refractivity contribution is 6.04. The van der Waals surface area contributed by atoms with Crippen LogP contribution in [0.5, 0.6) is 0 Å². The minimum Gasteiger partial charge on any atom is -0.368 e. The summed E-state index contributed by atoms with van der Waals surface area (Å²) in [6, 6.07) is 7.98. The SMILES string of the molecule is Cc1nc(NC(C)C)cc(C(=O)Nc2c(C)cccc2C(C)C)n1. The van der Waals surface area contributed by atoms with Gasteiger partial charge < -0.3 is 10.6 Å². The first-order valence-corrected chi connectivity index (χ1v) is 8.31. The fraction of sp³-hybridized carbons (Fsp3) is 0.421. The van der Waals surface area contributed by atoms with E-state index in [2.05, 4.69) is 34.4 Å². The fourth-order valence-corrected chi connectivity index (χ4v) is 2.57. The predicted octanol–water partition coefficient (Wildman–Crippen LogP) is 4.29. The molecule has 0 aliphatic carbocycles. The summed E-state index contributed by atoms with van der Waals surface area (Å²) in [5, 5.41) is 6.24. The van der Waals surface area contributed by atoms with Crippen LogP contribution in [0.4, 0.5) is 11.5 Å². The van der Waals surface area contributed by atoms with Crippen molar-refractivity contribution in [3.05, 3.63) is 46.9 Å². The van der Waals surface area contributed by atoms with Gasteiger partial charge in [0.15, 0.2) is 0 Å². The third kappa shape index (κ3) is 4.31. The molecule has 0 unspecified atom stereocenters. The van der Waals surface area contributed by atoms with E-state index in [1.165, 1.54) is 0 Å². The molecule has 128 valence electrons. The zero-order chi connectivity index (χ0) is 17.9. The number of hydrogen-bond acceptors (Lipinski definition) is 4. The maximum Gasteiger partial charge on any atom is 0.274 e. The number of para-hydroxylation sites is 1. The summed E-state index contributed by atoms with van der Waals surface area (Å²) in [5.74, 6) is 1.34. The molecule has 2 rings (SSSR count). The van der Waals surface area contributed by atoms with Crippen molar-refractivity contribution >= 4 is 17.4 Å². The topological polar surface area (TPSA) is 66.9 Å². The van der Waals surface area contributed by atoms with Gasteiger partial charge in [0.05, 0.1) is 0 Å². The molecule has 0 aliphatic heterocycles. The van der Waals surface area contributed by atoms with Crippen LogP contribution in [0.15, 0.2) is 24.3 Å². The molecule has 0 fully saturated rings. The molecular weight excluding hydrogens is 300 g/mol. The highest BCUT2D eigenvalue weighted by atomic mass is 16.1. The summed E-state index contributed by atoms with van der Waals surface area (Å²) in [4.78, 5) is 21.3. The quantitative estimate of drug-likeness (QED) is 0.860. The van der Waals surface area contributed by atoms with Crippen LogP contribution in [0.25, 0.3) is 0 Å². The standard InChI is InChI=1S/C19H26N4O/c1-11(2)15-9-7-8-13(5)18(15)23-19(24)16-10-17(20-12(3)4)22-14(6)21-16/h7-12H,1-6H3,(H,23,24)(H,20,21,22). The van der Waals surface area contributed by atoms with E-state index in [1.807, 2.05) is 39.0 Å². The molecule has 1 amide bonds. The smallest absolute Gasteiger partial charge is 0.274 e. The maximum absolute atomic E-state index is 12.7. The second-order valence-corrected chi connectivity index (χ2v) is 6.63. The number of hydrogen-bond donors (Lipinski definition) is 2. The lowest BCUT2D eigenvalue weighted by atomic mass is 9.98. The number of carbonyl (C=O) groups is 1. The number of benzene rings is 1. The van der Waals surface area contributed by atoms with Gasteiger partial charge in [0.25, 0.3) is 5.91 Å². The van der Waals surface area contributed by atoms with Crippen LogP contribution >= 0.6 is 0 Å². The normalized spacial score (nSPS) is 11.0. The Morgan fingerprint density at radius 3 is 2.42 bits per heavy atom. The van der Waals surface area contributed by atoms with Crippen molar-refractivity contribution < 1.29 is 4.79 Å². The Labute approximate surface area is 143 Å². The second-order valence-electron chi connectivity index (χ2n) is 6.63. The number of nitrogens with zero attached hydrogens (tertiary/aromatic N) is 2. The molecule has 2 N–H and O–H groups in total. The molecule has 0 atom stereocenters. The molecule has 24 heavy (non-hydrogen) atoms. The predicted molar refractivity (Wildman–Crippen MR) is 98.7 cm³/mol. The molecule has 1 aromatic carbocycles. The number of carbonyl (C=O) groups excluding carboxylic acids is 1. The lowest BCUT2D eigenvalue weighted by Gasteiger charge is -2.17. The molecule has 0 bridgehead atoms. The van der Waals surface area contributed by atoms with E-state index < -0.39 is 0 Å². The van der Waals surface area contributed by atoms with Crippen molar-refractivity contribution in [3.8, 4) is 0 Å². The van der Waals surface area contributed by atoms with Crippen LogP contribution in [0, 0.1) is 13.8 Å². The van der Waals surface area contributed by atoms with E-state index in [0.29, 0.717) is 23.3 Å². The Morgan fingerprint density at radius 2 is 1.79 bits per heavy atom. The first-order chi connectivity index (χ1) is 11.3. The van der Waals surface area contributed by atoms with Gasteiger partial charge >= 0.3 is 0 Å². The van der Waals surface area contributed by atoms with Crippen molar-refractivity contribution in [2.45, 2.75) is 53.5 Å². The molecule has 0 radical (unpaired) electrons. The Kier molecular flexibility index (Phi) is 5.54. The highest BCUT2D eigenvalue weighted by Crippen LogP contribution is 2.27. The van der Waals surface area contributed by atoms with Gasteiger partial charge in [-0.2, -0.15) is 0 Å². The Balaban J connectivity index is 2.33. The highest BCUT2D eigenvalue weighted by Gasteiger charge is 2.15. The molecule has 5 heteroatoms. The minimum absolute atomic E-state index is 0.219. The van der Waals surface area contributed by atoms with E-state index in [-0.39, 0.29) is 11.9 Å². The van der Waals surface area contributed by atoms with Crippen LogP contribution in [-0.4, -0.2) is 21.9 Å². The van der Waals surface area contributed by atoms with Crippen LogP contribution in [-0.2, 0) is 0 Å². The van der Waals surface area contributed by atoms with E-state index >= 15 is 0 Å². The lowest BCUT2D eigenvalue weighted by molar-refractivity contribution is 0.102. The van der Waals surface area contributed by atoms with Gasteiger partial charge in [-0.05, 0) is 44.7 Å². The monoisotopic (exact) mass is 326 g/mol. The molecule has 1 aromatic heterocycles. The Bertz CT molecular complexity index is 738. The molecule has 2 aromatic rings. The lowest BCUT2D eigenvalue weighted by Crippen LogP contribution is -2.19. The molecule has 0 saturated heterocycles. The molecule has 1 heterocycles. The summed E-state index contributed by atoms with van der Waals surface area (Å²) in [5.41, 5.74) is 3.39. The van der Waals surface area contributed by atoms with Gasteiger partial charge in [-0.15, -0.1) is 0 Å². The van der Waals surface area contributed by atoms with Crippen molar-refractivity contribution in [1.82, 2.24) is 9.97 Å². The largest absolute Gasteiger partial charge is 0.368 e. The van der Waals surface area contributed by atoms with Crippen molar-refractivity contribution in [2.75, 3.05) is 10.6 Å². The average molecular weight is 326 g/mol. The van der Waals surface area contributed by atoms with E-state index in [0.717, 1.165) is 16.8 Å². The third-order valence-corrected chi connectivity index (χ3v) is 3.67. The van der Waals surface area contributed by atoms with Crippen molar-refractivity contribution in [2.24, 2.45) is 0 Å². The summed E-state index contributed by atoms with van der Waals surface area (Å²) in [7, 11) is 0. The molecule has 5 nitrogen and oxygen atoms in total. The van der Waals surface area contributed by atoms with Crippen molar-refractivity contribution in [1.29, 1.82) is 0 Å². The minimum atomic E-state index is -0.219. The fourth-order valence-electron chi connectivity index (χ4n) is 2.57. The Hall–Kier alpha value is -2.43. The number of nitrogens with one attached hydrogen (secondary N) is 2. The number of aryl methyl sites for hydroxylation is 2. The third-order valence-electron chi connectivity index (χ3n) is 3.67. The molecular formula is C19H26N4O. The summed E-state index contributed by atoms with van der Waals surface area (Å²) >= 11 is 0. The van der Waals surface area contributed by atoms with Gasteiger partial charge in [0, 0.05) is 17.8 Å². The summed E-state index contributed by atoms with van der Waals surface area (Å²) in [6.45, 7) is 12.1. The summed E-state index contributed by atoms with van der Waals surface area (Å²) < 4.78 is 0. The number of aromatic nitrogens is 2. The number of rotatable bonds is 5. The first-order valence-electron chi connectivity index (χ1n) is 8.31. The van der Waals surface area contributed by atoms with Crippen LogP contribution in [0.3, 0.4) is 0 Å². The van der Waals surface area contributed by atoms with Crippen LogP contribution in [0.1, 0.15) is 61.1 Å². The van der Waals surface area contributed by atoms with E-state index in [9.17, 15) is 4.79 Å². The van der Waals surface area contributed by atoms with Gasteiger partial charge in [-0.3, -0.25) is 4.79 Å². The maximum atomic E-state index is 12.7. The zero-order valence-corrected chi connectivity index (χ0v) is 15.3. The molecule has 0 saturated carbocycles. The van der Waals surface area contributed by atoms with E-state index in [4.69, 9.17) is 0 Å². The first kappa shape index (κ1) is 17.9. The number of anilines is 2. The van der Waals surface area contributed by atoms with Crippen LogP contribution < -0.4 is 10.6 Å². The average Bonchev–Trinajstić information content (AvgIpc) is 2.47. The molecule has 0 spiro atoms. The number of amides is 1. The van der Waals surface area contributed by atoms with Crippen LogP contribution in [0.2, 0.25) is 0 Å². The van der Waals surface area contributed by atoms with Gasteiger partial charge in [0.2, 0.25) is 0 Å². The summed E-state index contributed by atoms with van der Waals surface area (Å²) in [6.07, 6.45) is 0. The van der Waals surface area contributed by atoms with Crippen molar-refractivity contribution in [3.63, 3.8) is 0 Å².